The Bertz CT molecular complexity index is 1280. The zero-order valence-electron chi connectivity index (χ0n) is 16.9. The first kappa shape index (κ1) is 18.9. The van der Waals surface area contributed by atoms with E-state index in [1.165, 1.54) is 0 Å². The molecule has 3 amide bonds. The van der Waals surface area contributed by atoms with Gasteiger partial charge in [-0.2, -0.15) is 5.10 Å². The lowest BCUT2D eigenvalue weighted by atomic mass is 10.2. The van der Waals surface area contributed by atoms with Gasteiger partial charge in [0.2, 0.25) is 0 Å². The lowest BCUT2D eigenvalue weighted by Crippen LogP contribution is -2.37. The number of rotatable bonds is 4. The highest BCUT2D eigenvalue weighted by Crippen LogP contribution is 2.26. The maximum atomic E-state index is 12.5. The highest BCUT2D eigenvalue weighted by molar-refractivity contribution is 6.01. The Kier molecular flexibility index (Phi) is 4.62. The number of carbonyl (C=O) groups is 2. The molecule has 9 heteroatoms. The monoisotopic (exact) mass is 415 g/mol. The zero-order valence-corrected chi connectivity index (χ0v) is 16.9. The Morgan fingerprint density at radius 3 is 2.87 bits per heavy atom. The molecule has 0 spiro atoms. The largest absolute Gasteiger partial charge is 0.349 e. The molecule has 1 atom stereocenters. The van der Waals surface area contributed by atoms with Crippen molar-refractivity contribution in [3.05, 3.63) is 72.2 Å². The van der Waals surface area contributed by atoms with Crippen LogP contribution in [0.4, 0.5) is 16.3 Å². The molecule has 156 valence electrons. The summed E-state index contributed by atoms with van der Waals surface area (Å²) in [6.45, 7) is 3.18. The van der Waals surface area contributed by atoms with Crippen molar-refractivity contribution in [1.29, 1.82) is 0 Å². The summed E-state index contributed by atoms with van der Waals surface area (Å²) < 4.78 is 3.67. The molecule has 1 aliphatic rings. The van der Waals surface area contributed by atoms with E-state index in [0.717, 1.165) is 10.9 Å². The third-order valence-electron chi connectivity index (χ3n) is 5.24. The van der Waals surface area contributed by atoms with Crippen LogP contribution in [0, 0.1) is 0 Å². The van der Waals surface area contributed by atoms with Crippen LogP contribution in [-0.4, -0.2) is 37.8 Å². The molecule has 0 fully saturated rings. The summed E-state index contributed by atoms with van der Waals surface area (Å²) in [4.78, 5) is 29.2. The Morgan fingerprint density at radius 1 is 1.19 bits per heavy atom. The summed E-state index contributed by atoms with van der Waals surface area (Å²) >= 11 is 0. The molecular formula is C22H21N7O2. The molecule has 0 radical (unpaired) electrons. The van der Waals surface area contributed by atoms with Crippen molar-refractivity contribution >= 4 is 34.5 Å². The predicted molar refractivity (Wildman–Crippen MR) is 117 cm³/mol. The predicted octanol–water partition coefficient (Wildman–Crippen LogP) is 3.23. The molecule has 4 aromatic rings. The van der Waals surface area contributed by atoms with Crippen molar-refractivity contribution in [3.8, 4) is 0 Å². The number of pyridine rings is 1. The van der Waals surface area contributed by atoms with Crippen molar-refractivity contribution in [2.45, 2.75) is 19.5 Å². The number of benzene rings is 1. The van der Waals surface area contributed by atoms with Crippen LogP contribution in [0.3, 0.4) is 0 Å². The van der Waals surface area contributed by atoms with Gasteiger partial charge in [-0.3, -0.25) is 14.8 Å². The van der Waals surface area contributed by atoms with Gasteiger partial charge in [0.1, 0.15) is 17.2 Å². The minimum absolute atomic E-state index is 0.0808. The standard InChI is InChI=1S/C22H21N7O2/c1-14-10-23-21(30)18-9-16-7-8-19(26-20(16)29(14)18)27-22(31)25-17-11-24-28(13-17)12-15-5-3-2-4-6-15/h2-9,11,13-14H,10,12H2,1H3,(H,23,30)(H2,25,26,27,31)/t14-/m1/s1. The van der Waals surface area contributed by atoms with Gasteiger partial charge in [-0.05, 0) is 30.7 Å². The number of aromatic nitrogens is 4. The van der Waals surface area contributed by atoms with E-state index in [0.29, 0.717) is 35.9 Å². The van der Waals surface area contributed by atoms with Gasteiger partial charge in [0.05, 0.1) is 24.5 Å². The van der Waals surface area contributed by atoms with E-state index >= 15 is 0 Å². The van der Waals surface area contributed by atoms with Gasteiger partial charge in [-0.15, -0.1) is 0 Å². The van der Waals surface area contributed by atoms with Crippen LogP contribution < -0.4 is 16.0 Å². The number of nitrogens with one attached hydrogen (secondary N) is 3. The van der Waals surface area contributed by atoms with Gasteiger partial charge < -0.3 is 15.2 Å². The first-order chi connectivity index (χ1) is 15.1. The molecule has 0 saturated heterocycles. The second-order valence-corrected chi connectivity index (χ2v) is 7.56. The molecule has 1 aliphatic heterocycles. The number of amides is 3. The van der Waals surface area contributed by atoms with Crippen molar-refractivity contribution in [2.75, 3.05) is 17.2 Å². The smallest absolute Gasteiger partial charge is 0.324 e. The second kappa shape index (κ2) is 7.60. The van der Waals surface area contributed by atoms with E-state index in [-0.39, 0.29) is 11.9 Å². The first-order valence-electron chi connectivity index (χ1n) is 10.0. The summed E-state index contributed by atoms with van der Waals surface area (Å²) in [5, 5.41) is 13.5. The van der Waals surface area contributed by atoms with Gasteiger partial charge in [0.25, 0.3) is 5.91 Å². The van der Waals surface area contributed by atoms with E-state index in [2.05, 4.69) is 26.0 Å². The lowest BCUT2D eigenvalue weighted by Gasteiger charge is -2.23. The molecule has 0 bridgehead atoms. The highest BCUT2D eigenvalue weighted by Gasteiger charge is 2.25. The fourth-order valence-corrected chi connectivity index (χ4v) is 3.77. The van der Waals surface area contributed by atoms with Gasteiger partial charge >= 0.3 is 6.03 Å². The number of carbonyl (C=O) groups excluding carboxylic acids is 2. The van der Waals surface area contributed by atoms with Crippen LogP contribution in [0.5, 0.6) is 0 Å². The highest BCUT2D eigenvalue weighted by atomic mass is 16.2. The fourth-order valence-electron chi connectivity index (χ4n) is 3.77. The number of hydrogen-bond donors (Lipinski definition) is 3. The van der Waals surface area contributed by atoms with Gasteiger partial charge in [-0.1, -0.05) is 30.3 Å². The van der Waals surface area contributed by atoms with E-state index in [1.54, 1.807) is 23.1 Å². The Morgan fingerprint density at radius 2 is 2.03 bits per heavy atom. The summed E-state index contributed by atoms with van der Waals surface area (Å²) in [5.74, 6) is 0.289. The van der Waals surface area contributed by atoms with Gasteiger partial charge in [0, 0.05) is 18.1 Å². The number of anilines is 2. The normalized spacial score (nSPS) is 15.4. The minimum atomic E-state index is -0.415. The Hall–Kier alpha value is -4.14. The average Bonchev–Trinajstić information content (AvgIpc) is 3.36. The van der Waals surface area contributed by atoms with E-state index < -0.39 is 6.03 Å². The van der Waals surface area contributed by atoms with E-state index in [4.69, 9.17) is 0 Å². The molecule has 0 saturated carbocycles. The van der Waals surface area contributed by atoms with Crippen molar-refractivity contribution in [1.82, 2.24) is 24.6 Å². The molecule has 0 aliphatic carbocycles. The maximum absolute atomic E-state index is 12.5. The molecule has 1 aromatic carbocycles. The van der Waals surface area contributed by atoms with Crippen LogP contribution >= 0.6 is 0 Å². The van der Waals surface area contributed by atoms with Gasteiger partial charge in [-0.25, -0.2) is 9.78 Å². The lowest BCUT2D eigenvalue weighted by molar-refractivity contribution is 0.0919. The topological polar surface area (TPSA) is 106 Å². The molecule has 0 unspecified atom stereocenters. The number of fused-ring (bicyclic) bond motifs is 3. The maximum Gasteiger partial charge on any atom is 0.324 e. The van der Waals surface area contributed by atoms with Crippen LogP contribution in [0.1, 0.15) is 29.0 Å². The van der Waals surface area contributed by atoms with Crippen molar-refractivity contribution < 1.29 is 9.59 Å². The third kappa shape index (κ3) is 3.73. The number of nitrogens with zero attached hydrogens (tertiary/aromatic N) is 4. The summed E-state index contributed by atoms with van der Waals surface area (Å²) in [7, 11) is 0. The molecule has 31 heavy (non-hydrogen) atoms. The average molecular weight is 415 g/mol. The van der Waals surface area contributed by atoms with Crippen LogP contribution in [0.25, 0.3) is 11.0 Å². The van der Waals surface area contributed by atoms with Crippen molar-refractivity contribution in [3.63, 3.8) is 0 Å². The van der Waals surface area contributed by atoms with Crippen LogP contribution in [0.15, 0.2) is 60.9 Å². The third-order valence-corrected chi connectivity index (χ3v) is 5.24. The molecule has 4 heterocycles. The Labute approximate surface area is 178 Å². The van der Waals surface area contributed by atoms with E-state index in [1.807, 2.05) is 54.0 Å². The summed E-state index contributed by atoms with van der Waals surface area (Å²) in [6, 6.07) is 15.0. The number of urea groups is 1. The van der Waals surface area contributed by atoms with Crippen molar-refractivity contribution in [2.24, 2.45) is 0 Å². The quantitative estimate of drug-likeness (QED) is 0.476. The fraction of sp³-hybridized carbons (Fsp3) is 0.182. The number of hydrogen-bond acceptors (Lipinski definition) is 4. The summed E-state index contributed by atoms with van der Waals surface area (Å²) in [5.41, 5.74) is 2.96. The SMILES string of the molecule is C[C@@H]1CNC(=O)c2cc3ccc(NC(=O)Nc4cnn(Cc5ccccc5)c4)nc3n21. The molecule has 9 nitrogen and oxygen atoms in total. The molecule has 3 N–H and O–H groups in total. The van der Waals surface area contributed by atoms with Crippen LogP contribution in [0.2, 0.25) is 0 Å². The molecular weight excluding hydrogens is 394 g/mol. The van der Waals surface area contributed by atoms with E-state index in [9.17, 15) is 9.59 Å². The zero-order chi connectivity index (χ0) is 21.4. The van der Waals surface area contributed by atoms with Gasteiger partial charge in [0.15, 0.2) is 0 Å². The van der Waals surface area contributed by atoms with Crippen LogP contribution in [-0.2, 0) is 6.54 Å². The molecule has 5 rings (SSSR count). The second-order valence-electron chi connectivity index (χ2n) is 7.56. The first-order valence-corrected chi connectivity index (χ1v) is 10.0. The minimum Gasteiger partial charge on any atom is -0.349 e. The molecule has 3 aromatic heterocycles. The Balaban J connectivity index is 1.30. The summed E-state index contributed by atoms with van der Waals surface area (Å²) in [6.07, 6.45) is 3.37.